The molecule has 21 heavy (non-hydrogen) atoms. The third kappa shape index (κ3) is 3.75. The molecular formula is C14H10BrF3N2O. The minimum Gasteiger partial charge on any atom is -0.399 e. The number of alkyl halides is 3. The highest BCUT2D eigenvalue weighted by Gasteiger charge is 2.30. The Morgan fingerprint density at radius 2 is 1.71 bits per heavy atom. The van der Waals surface area contributed by atoms with Crippen molar-refractivity contribution in [1.82, 2.24) is 0 Å². The van der Waals surface area contributed by atoms with E-state index in [0.717, 1.165) is 12.1 Å². The smallest absolute Gasteiger partial charge is 0.399 e. The van der Waals surface area contributed by atoms with E-state index in [9.17, 15) is 18.0 Å². The summed E-state index contributed by atoms with van der Waals surface area (Å²) in [5.41, 5.74) is 5.81. The van der Waals surface area contributed by atoms with Crippen molar-refractivity contribution in [2.75, 3.05) is 11.1 Å². The molecular weight excluding hydrogens is 349 g/mol. The first-order valence-corrected chi connectivity index (χ1v) is 6.60. The molecule has 0 aromatic heterocycles. The summed E-state index contributed by atoms with van der Waals surface area (Å²) in [5.74, 6) is -0.464. The SMILES string of the molecule is Nc1ccc(Br)c(C(=O)Nc2ccc(C(F)(F)F)cc2)c1. The molecule has 0 aliphatic carbocycles. The molecule has 0 unspecified atom stereocenters. The van der Waals surface area contributed by atoms with Crippen molar-refractivity contribution in [1.29, 1.82) is 0 Å². The number of halogens is 4. The summed E-state index contributed by atoms with van der Waals surface area (Å²) in [6.07, 6.45) is -4.40. The second-order valence-electron chi connectivity index (χ2n) is 4.27. The zero-order valence-corrected chi connectivity index (χ0v) is 12.1. The molecule has 0 spiro atoms. The topological polar surface area (TPSA) is 55.1 Å². The maximum Gasteiger partial charge on any atom is 0.416 e. The van der Waals surface area contributed by atoms with E-state index in [1.165, 1.54) is 18.2 Å². The van der Waals surface area contributed by atoms with E-state index >= 15 is 0 Å². The van der Waals surface area contributed by atoms with Gasteiger partial charge < -0.3 is 11.1 Å². The number of rotatable bonds is 2. The fourth-order valence-electron chi connectivity index (χ4n) is 1.66. The van der Waals surface area contributed by atoms with E-state index in [0.29, 0.717) is 15.7 Å². The Morgan fingerprint density at radius 1 is 1.10 bits per heavy atom. The van der Waals surface area contributed by atoms with Gasteiger partial charge in [-0.3, -0.25) is 4.79 Å². The number of hydrogen-bond acceptors (Lipinski definition) is 2. The van der Waals surface area contributed by atoms with Gasteiger partial charge in [0.2, 0.25) is 0 Å². The van der Waals surface area contributed by atoms with Crippen LogP contribution in [0, 0.1) is 0 Å². The molecule has 0 aliphatic rings. The second kappa shape index (κ2) is 5.77. The number of carbonyl (C=O) groups excluding carboxylic acids is 1. The molecule has 3 N–H and O–H groups in total. The van der Waals surface area contributed by atoms with Gasteiger partial charge in [-0.1, -0.05) is 0 Å². The Morgan fingerprint density at radius 3 is 2.29 bits per heavy atom. The number of hydrogen-bond donors (Lipinski definition) is 2. The first-order valence-electron chi connectivity index (χ1n) is 5.81. The third-order valence-electron chi connectivity index (χ3n) is 2.71. The monoisotopic (exact) mass is 358 g/mol. The van der Waals surface area contributed by atoms with E-state index in [-0.39, 0.29) is 5.69 Å². The number of amides is 1. The summed E-state index contributed by atoms with van der Waals surface area (Å²) in [5, 5.41) is 2.51. The zero-order valence-electron chi connectivity index (χ0n) is 10.5. The summed E-state index contributed by atoms with van der Waals surface area (Å²) in [6, 6.07) is 8.93. The van der Waals surface area contributed by atoms with Crippen LogP contribution < -0.4 is 11.1 Å². The third-order valence-corrected chi connectivity index (χ3v) is 3.40. The highest BCUT2D eigenvalue weighted by Crippen LogP contribution is 2.30. The Labute approximate surface area is 127 Å². The van der Waals surface area contributed by atoms with Gasteiger partial charge in [0, 0.05) is 15.8 Å². The molecule has 2 aromatic rings. The number of nitrogen functional groups attached to an aromatic ring is 1. The van der Waals surface area contributed by atoms with Crippen LogP contribution in [0.4, 0.5) is 24.5 Å². The van der Waals surface area contributed by atoms with Crippen LogP contribution in [-0.2, 0) is 6.18 Å². The maximum absolute atomic E-state index is 12.4. The fourth-order valence-corrected chi connectivity index (χ4v) is 2.08. The Bertz CT molecular complexity index is 669. The summed E-state index contributed by atoms with van der Waals surface area (Å²) in [7, 11) is 0. The van der Waals surface area contributed by atoms with Crippen LogP contribution in [0.1, 0.15) is 15.9 Å². The van der Waals surface area contributed by atoms with Crippen molar-refractivity contribution < 1.29 is 18.0 Å². The van der Waals surface area contributed by atoms with Crippen molar-refractivity contribution in [3.63, 3.8) is 0 Å². The highest BCUT2D eigenvalue weighted by atomic mass is 79.9. The van der Waals surface area contributed by atoms with E-state index in [2.05, 4.69) is 21.2 Å². The minimum absolute atomic E-state index is 0.266. The second-order valence-corrected chi connectivity index (χ2v) is 5.12. The first kappa shape index (κ1) is 15.4. The van der Waals surface area contributed by atoms with Crippen LogP contribution in [-0.4, -0.2) is 5.91 Å². The summed E-state index contributed by atoms with van der Waals surface area (Å²) in [6.45, 7) is 0. The molecule has 2 rings (SSSR count). The van der Waals surface area contributed by atoms with Crippen LogP contribution in [0.2, 0.25) is 0 Å². The van der Waals surface area contributed by atoms with E-state index < -0.39 is 17.6 Å². The van der Waals surface area contributed by atoms with Gasteiger partial charge >= 0.3 is 6.18 Å². The number of nitrogens with two attached hydrogens (primary N) is 1. The lowest BCUT2D eigenvalue weighted by molar-refractivity contribution is -0.137. The van der Waals surface area contributed by atoms with E-state index in [1.54, 1.807) is 12.1 Å². The lowest BCUT2D eigenvalue weighted by atomic mass is 10.1. The Hall–Kier alpha value is -2.02. The Kier molecular flexibility index (Phi) is 4.22. The van der Waals surface area contributed by atoms with Crippen LogP contribution >= 0.6 is 15.9 Å². The van der Waals surface area contributed by atoms with Gasteiger partial charge in [-0.15, -0.1) is 0 Å². The summed E-state index contributed by atoms with van der Waals surface area (Å²) < 4.78 is 37.9. The molecule has 0 saturated heterocycles. The molecule has 0 aliphatic heterocycles. The zero-order chi connectivity index (χ0) is 15.6. The van der Waals surface area contributed by atoms with E-state index in [4.69, 9.17) is 5.73 Å². The molecule has 0 atom stereocenters. The summed E-state index contributed by atoms with van der Waals surface area (Å²) >= 11 is 3.22. The number of anilines is 2. The van der Waals surface area contributed by atoms with Crippen molar-refractivity contribution in [3.8, 4) is 0 Å². The largest absolute Gasteiger partial charge is 0.416 e. The number of benzene rings is 2. The average molecular weight is 359 g/mol. The van der Waals surface area contributed by atoms with Gasteiger partial charge in [0.15, 0.2) is 0 Å². The maximum atomic E-state index is 12.4. The molecule has 0 fully saturated rings. The first-order chi connectivity index (χ1) is 9.77. The highest BCUT2D eigenvalue weighted by molar-refractivity contribution is 9.10. The van der Waals surface area contributed by atoms with Crippen molar-refractivity contribution in [2.45, 2.75) is 6.18 Å². The normalized spacial score (nSPS) is 11.2. The van der Waals surface area contributed by atoms with Crippen molar-refractivity contribution >= 4 is 33.2 Å². The van der Waals surface area contributed by atoms with Crippen LogP contribution in [0.25, 0.3) is 0 Å². The van der Waals surface area contributed by atoms with E-state index in [1.807, 2.05) is 0 Å². The molecule has 110 valence electrons. The standard InChI is InChI=1S/C14H10BrF3N2O/c15-12-6-3-9(19)7-11(12)13(21)20-10-4-1-8(2-5-10)14(16,17)18/h1-7H,19H2,(H,20,21). The lowest BCUT2D eigenvalue weighted by Crippen LogP contribution is -2.13. The molecule has 0 saturated carbocycles. The van der Waals surface area contributed by atoms with Crippen molar-refractivity contribution in [3.05, 3.63) is 58.1 Å². The van der Waals surface area contributed by atoms with Gasteiger partial charge in [-0.2, -0.15) is 13.2 Å². The van der Waals surface area contributed by atoms with Gasteiger partial charge in [0.05, 0.1) is 11.1 Å². The number of carbonyl (C=O) groups is 1. The van der Waals surface area contributed by atoms with Gasteiger partial charge in [0.1, 0.15) is 0 Å². The lowest BCUT2D eigenvalue weighted by Gasteiger charge is -2.10. The van der Waals surface area contributed by atoms with Gasteiger partial charge in [0.25, 0.3) is 5.91 Å². The van der Waals surface area contributed by atoms with Crippen LogP contribution in [0.3, 0.4) is 0 Å². The van der Waals surface area contributed by atoms with Crippen LogP contribution in [0.5, 0.6) is 0 Å². The molecule has 2 aromatic carbocycles. The predicted octanol–water partition coefficient (Wildman–Crippen LogP) is 4.30. The van der Waals surface area contributed by atoms with Gasteiger partial charge in [-0.25, -0.2) is 0 Å². The molecule has 0 radical (unpaired) electrons. The minimum atomic E-state index is -4.40. The summed E-state index contributed by atoms with van der Waals surface area (Å²) in [4.78, 5) is 12.1. The molecule has 7 heteroatoms. The van der Waals surface area contributed by atoms with Crippen molar-refractivity contribution in [2.24, 2.45) is 0 Å². The molecule has 3 nitrogen and oxygen atoms in total. The number of nitrogens with one attached hydrogen (secondary N) is 1. The fraction of sp³-hybridized carbons (Fsp3) is 0.0714. The van der Waals surface area contributed by atoms with Crippen LogP contribution in [0.15, 0.2) is 46.9 Å². The quantitative estimate of drug-likeness (QED) is 0.786. The predicted molar refractivity (Wildman–Crippen MR) is 78.0 cm³/mol. The van der Waals surface area contributed by atoms with Gasteiger partial charge in [-0.05, 0) is 58.4 Å². The Balaban J connectivity index is 2.18. The molecule has 0 bridgehead atoms. The molecule has 0 heterocycles. The molecule has 1 amide bonds. The average Bonchev–Trinajstić information content (AvgIpc) is 2.41.